The first-order valence-corrected chi connectivity index (χ1v) is 7.45. The summed E-state index contributed by atoms with van der Waals surface area (Å²) in [6, 6.07) is 6.05. The highest BCUT2D eigenvalue weighted by Gasteiger charge is 2.14. The van der Waals surface area contributed by atoms with E-state index >= 15 is 0 Å². The molecule has 0 saturated heterocycles. The lowest BCUT2D eigenvalue weighted by atomic mass is 10.1. The topological polar surface area (TPSA) is 58.4 Å². The van der Waals surface area contributed by atoms with E-state index in [9.17, 15) is 4.79 Å². The molecule has 0 unspecified atom stereocenters. The number of carbonyl (C=O) groups excluding carboxylic acids is 1. The van der Waals surface area contributed by atoms with Crippen molar-refractivity contribution in [1.29, 1.82) is 0 Å². The van der Waals surface area contributed by atoms with Crippen LogP contribution >= 0.6 is 0 Å². The lowest BCUT2D eigenvalue weighted by molar-refractivity contribution is 0.0827. The molecule has 0 atom stereocenters. The zero-order valence-electron chi connectivity index (χ0n) is 12.5. The summed E-state index contributed by atoms with van der Waals surface area (Å²) in [5.41, 5.74) is 8.33. The zero-order valence-corrected chi connectivity index (χ0v) is 12.5. The van der Waals surface area contributed by atoms with Crippen molar-refractivity contribution in [2.45, 2.75) is 44.6 Å². The Balaban J connectivity index is 2.07. The van der Waals surface area contributed by atoms with Crippen molar-refractivity contribution < 1.29 is 4.79 Å². The molecule has 1 aromatic carbocycles. The van der Waals surface area contributed by atoms with E-state index in [4.69, 9.17) is 5.73 Å². The molecular formula is C16H25N3O. The van der Waals surface area contributed by atoms with Gasteiger partial charge in [-0.3, -0.25) is 4.79 Å². The van der Waals surface area contributed by atoms with Gasteiger partial charge in [-0.05, 0) is 31.0 Å². The fourth-order valence-corrected chi connectivity index (χ4v) is 2.73. The molecule has 1 fully saturated rings. The predicted octanol–water partition coefficient (Wildman–Crippen LogP) is 3.11. The number of anilines is 2. The van der Waals surface area contributed by atoms with Crippen LogP contribution in [0.5, 0.6) is 0 Å². The maximum Gasteiger partial charge on any atom is 0.253 e. The Bertz CT molecular complexity index is 463. The standard InChI is InChI=1S/C16H25N3O/c1-19(2)16(20)12-9-10-15(14(17)11-12)18-13-7-5-3-4-6-8-13/h9-11,13,18H,3-8,17H2,1-2H3. The molecule has 0 aliphatic heterocycles. The molecule has 0 aromatic heterocycles. The highest BCUT2D eigenvalue weighted by molar-refractivity contribution is 5.95. The Morgan fingerprint density at radius 1 is 1.20 bits per heavy atom. The van der Waals surface area contributed by atoms with E-state index in [0.717, 1.165) is 5.69 Å². The van der Waals surface area contributed by atoms with Crippen LogP contribution in [0.25, 0.3) is 0 Å². The third-order valence-electron chi connectivity index (χ3n) is 3.92. The number of hydrogen-bond donors (Lipinski definition) is 2. The monoisotopic (exact) mass is 275 g/mol. The number of carbonyl (C=O) groups is 1. The second-order valence-electron chi connectivity index (χ2n) is 5.83. The van der Waals surface area contributed by atoms with Gasteiger partial charge in [0.2, 0.25) is 0 Å². The van der Waals surface area contributed by atoms with E-state index in [1.54, 1.807) is 25.1 Å². The number of hydrogen-bond acceptors (Lipinski definition) is 3. The van der Waals surface area contributed by atoms with Crippen molar-refractivity contribution in [3.8, 4) is 0 Å². The summed E-state index contributed by atoms with van der Waals surface area (Å²) in [5, 5.41) is 3.53. The van der Waals surface area contributed by atoms with E-state index in [1.807, 2.05) is 12.1 Å². The van der Waals surface area contributed by atoms with Crippen LogP contribution in [0.15, 0.2) is 18.2 Å². The minimum absolute atomic E-state index is 0.0160. The Labute approximate surface area is 121 Å². The van der Waals surface area contributed by atoms with Crippen molar-refractivity contribution in [3.05, 3.63) is 23.8 Å². The molecule has 4 heteroatoms. The number of rotatable bonds is 3. The predicted molar refractivity (Wildman–Crippen MR) is 84.0 cm³/mol. The molecule has 20 heavy (non-hydrogen) atoms. The van der Waals surface area contributed by atoms with Crippen molar-refractivity contribution >= 4 is 17.3 Å². The van der Waals surface area contributed by atoms with Crippen molar-refractivity contribution in [1.82, 2.24) is 4.90 Å². The van der Waals surface area contributed by atoms with Crippen LogP contribution in [0.2, 0.25) is 0 Å². The maximum atomic E-state index is 11.9. The molecule has 4 nitrogen and oxygen atoms in total. The first-order valence-electron chi connectivity index (χ1n) is 7.45. The summed E-state index contributed by atoms with van der Waals surface area (Å²) >= 11 is 0. The number of nitrogens with zero attached hydrogens (tertiary/aromatic N) is 1. The Morgan fingerprint density at radius 2 is 1.85 bits per heavy atom. The van der Waals surface area contributed by atoms with Gasteiger partial charge in [0.05, 0.1) is 11.4 Å². The van der Waals surface area contributed by atoms with Gasteiger partial charge in [-0.15, -0.1) is 0 Å². The number of amides is 1. The largest absolute Gasteiger partial charge is 0.397 e. The number of nitrogens with one attached hydrogen (secondary N) is 1. The quantitative estimate of drug-likeness (QED) is 0.658. The summed E-state index contributed by atoms with van der Waals surface area (Å²) in [7, 11) is 3.49. The summed E-state index contributed by atoms with van der Waals surface area (Å²) in [4.78, 5) is 13.5. The molecule has 110 valence electrons. The molecule has 1 amide bonds. The molecule has 1 saturated carbocycles. The van der Waals surface area contributed by atoms with E-state index in [0.29, 0.717) is 17.3 Å². The van der Waals surface area contributed by atoms with Crippen LogP contribution in [0.1, 0.15) is 48.9 Å². The van der Waals surface area contributed by atoms with Gasteiger partial charge in [0.15, 0.2) is 0 Å². The van der Waals surface area contributed by atoms with Gasteiger partial charge in [-0.2, -0.15) is 0 Å². The van der Waals surface area contributed by atoms with Crippen molar-refractivity contribution in [2.24, 2.45) is 0 Å². The average Bonchev–Trinajstić information content (AvgIpc) is 2.68. The van der Waals surface area contributed by atoms with Gasteiger partial charge >= 0.3 is 0 Å². The molecule has 1 aliphatic rings. The third kappa shape index (κ3) is 3.65. The Hall–Kier alpha value is -1.71. The lowest BCUT2D eigenvalue weighted by Gasteiger charge is -2.19. The Morgan fingerprint density at radius 3 is 2.40 bits per heavy atom. The summed E-state index contributed by atoms with van der Waals surface area (Å²) in [6.45, 7) is 0. The molecule has 0 radical (unpaired) electrons. The SMILES string of the molecule is CN(C)C(=O)c1ccc(NC2CCCCCC2)c(N)c1. The van der Waals surface area contributed by atoms with Gasteiger partial charge in [0.25, 0.3) is 5.91 Å². The van der Waals surface area contributed by atoms with Crippen LogP contribution in [0.3, 0.4) is 0 Å². The molecule has 2 rings (SSSR count). The normalized spacial score (nSPS) is 16.5. The van der Waals surface area contributed by atoms with Gasteiger partial charge in [0.1, 0.15) is 0 Å². The molecule has 0 heterocycles. The molecule has 0 spiro atoms. The van der Waals surface area contributed by atoms with Crippen LogP contribution in [-0.2, 0) is 0 Å². The first kappa shape index (κ1) is 14.7. The van der Waals surface area contributed by atoms with Crippen LogP contribution in [0.4, 0.5) is 11.4 Å². The van der Waals surface area contributed by atoms with Gasteiger partial charge in [-0.25, -0.2) is 0 Å². The fourth-order valence-electron chi connectivity index (χ4n) is 2.73. The van der Waals surface area contributed by atoms with Crippen LogP contribution in [-0.4, -0.2) is 30.9 Å². The second kappa shape index (κ2) is 6.64. The van der Waals surface area contributed by atoms with E-state index in [1.165, 1.54) is 38.5 Å². The van der Waals surface area contributed by atoms with Crippen LogP contribution in [0, 0.1) is 0 Å². The second-order valence-corrected chi connectivity index (χ2v) is 5.83. The molecule has 3 N–H and O–H groups in total. The number of nitrogen functional groups attached to an aromatic ring is 1. The Kier molecular flexibility index (Phi) is 4.88. The number of benzene rings is 1. The van der Waals surface area contributed by atoms with Gasteiger partial charge in [0, 0.05) is 25.7 Å². The van der Waals surface area contributed by atoms with Gasteiger partial charge < -0.3 is 16.0 Å². The summed E-state index contributed by atoms with van der Waals surface area (Å²) in [5.74, 6) is -0.0160. The van der Waals surface area contributed by atoms with E-state index in [-0.39, 0.29) is 5.91 Å². The van der Waals surface area contributed by atoms with Crippen LogP contribution < -0.4 is 11.1 Å². The van der Waals surface area contributed by atoms with E-state index in [2.05, 4.69) is 5.32 Å². The molecule has 1 aromatic rings. The molecule has 0 bridgehead atoms. The zero-order chi connectivity index (χ0) is 14.5. The van der Waals surface area contributed by atoms with Crippen molar-refractivity contribution in [3.63, 3.8) is 0 Å². The average molecular weight is 275 g/mol. The summed E-state index contributed by atoms with van der Waals surface area (Å²) in [6.07, 6.45) is 7.66. The molecule has 1 aliphatic carbocycles. The summed E-state index contributed by atoms with van der Waals surface area (Å²) < 4.78 is 0. The number of nitrogens with two attached hydrogens (primary N) is 1. The highest BCUT2D eigenvalue weighted by atomic mass is 16.2. The molecular weight excluding hydrogens is 250 g/mol. The van der Waals surface area contributed by atoms with Gasteiger partial charge in [-0.1, -0.05) is 25.7 Å². The lowest BCUT2D eigenvalue weighted by Crippen LogP contribution is -2.22. The maximum absolute atomic E-state index is 11.9. The third-order valence-corrected chi connectivity index (χ3v) is 3.92. The highest BCUT2D eigenvalue weighted by Crippen LogP contribution is 2.25. The van der Waals surface area contributed by atoms with E-state index < -0.39 is 0 Å². The smallest absolute Gasteiger partial charge is 0.253 e. The minimum atomic E-state index is -0.0160. The fraction of sp³-hybridized carbons (Fsp3) is 0.562. The first-order chi connectivity index (χ1) is 9.58. The minimum Gasteiger partial charge on any atom is -0.397 e. The van der Waals surface area contributed by atoms with Crippen molar-refractivity contribution in [2.75, 3.05) is 25.1 Å².